The Hall–Kier alpha value is -1.30. The highest BCUT2D eigenvalue weighted by molar-refractivity contribution is 5.83. The summed E-state index contributed by atoms with van der Waals surface area (Å²) in [7, 11) is 5.18. The number of carbonyl (C=O) groups is 2. The molecular weight excluding hydrogens is 666 g/mol. The van der Waals surface area contributed by atoms with E-state index in [1.165, 1.54) is 27.9 Å². The first-order chi connectivity index (χ1) is 23.4. The largest absolute Gasteiger partial charge is 0.459 e. The van der Waals surface area contributed by atoms with Crippen LogP contribution in [0.15, 0.2) is 0 Å². The molecule has 3 rings (SSSR count). The second-order valence-electron chi connectivity index (χ2n) is 16.5. The lowest BCUT2D eigenvalue weighted by molar-refractivity contribution is -0.318. The van der Waals surface area contributed by atoms with Crippen molar-refractivity contribution in [2.45, 2.75) is 179 Å². The Kier molecular flexibility index (Phi) is 14.7. The SMILES string of the molecule is CCC1OC(=O)[C@@H](C)C(OC2C[C@](C)(OC)[C@H](O)[C@@H](C)O2)[C@@H](C)[C@H](O[C@H]2O[C@@H](C)C[C@@H](N(C)C)[C@@H]2O)[C@@](C)(O)C[C@H](C)C(=O)C(C)[C@H](O)[C@@]1(C)O. The van der Waals surface area contributed by atoms with E-state index in [0.29, 0.717) is 6.42 Å². The predicted molar refractivity (Wildman–Crippen MR) is 186 cm³/mol. The lowest BCUT2D eigenvalue weighted by Gasteiger charge is -2.49. The smallest absolute Gasteiger partial charge is 0.311 e. The molecule has 4 unspecified atom stereocenters. The molecule has 0 aromatic rings. The van der Waals surface area contributed by atoms with Gasteiger partial charge in [0.25, 0.3) is 0 Å². The van der Waals surface area contributed by atoms with Gasteiger partial charge in [0.1, 0.15) is 29.7 Å². The second-order valence-corrected chi connectivity index (χ2v) is 16.5. The van der Waals surface area contributed by atoms with Crippen molar-refractivity contribution in [3.63, 3.8) is 0 Å². The molecule has 51 heavy (non-hydrogen) atoms. The van der Waals surface area contributed by atoms with Crippen LogP contribution in [0, 0.1) is 23.7 Å². The summed E-state index contributed by atoms with van der Waals surface area (Å²) in [6.07, 6.45) is -9.71. The summed E-state index contributed by atoms with van der Waals surface area (Å²) in [6, 6.07) is -0.324. The van der Waals surface area contributed by atoms with E-state index in [9.17, 15) is 35.1 Å². The maximum absolute atomic E-state index is 14.1. The molecule has 0 aromatic heterocycles. The number of ketones is 1. The van der Waals surface area contributed by atoms with Crippen molar-refractivity contribution in [1.82, 2.24) is 4.90 Å². The molecule has 298 valence electrons. The van der Waals surface area contributed by atoms with E-state index in [4.69, 9.17) is 28.4 Å². The number of methoxy groups -OCH3 is 1. The van der Waals surface area contributed by atoms with Crippen molar-refractivity contribution in [3.8, 4) is 0 Å². The van der Waals surface area contributed by atoms with Crippen LogP contribution in [-0.4, -0.2) is 148 Å². The monoisotopic (exact) mass is 733 g/mol. The van der Waals surface area contributed by atoms with Crippen LogP contribution in [0.4, 0.5) is 0 Å². The van der Waals surface area contributed by atoms with Crippen molar-refractivity contribution in [1.29, 1.82) is 0 Å². The zero-order valence-electron chi connectivity index (χ0n) is 32.9. The molecule has 0 saturated carbocycles. The normalized spacial score (nSPS) is 49.7. The van der Waals surface area contributed by atoms with E-state index in [1.54, 1.807) is 41.5 Å². The Bertz CT molecular complexity index is 1170. The average Bonchev–Trinajstić information content (AvgIpc) is 3.05. The highest BCUT2D eigenvalue weighted by Gasteiger charge is 2.53. The lowest BCUT2D eigenvalue weighted by Crippen LogP contribution is -2.61. The molecule has 0 aromatic carbocycles. The van der Waals surface area contributed by atoms with Gasteiger partial charge in [-0.05, 0) is 74.9 Å². The molecule has 0 radical (unpaired) electrons. The predicted octanol–water partition coefficient (Wildman–Crippen LogP) is 1.79. The molecule has 14 nitrogen and oxygen atoms in total. The Balaban J connectivity index is 2.18. The summed E-state index contributed by atoms with van der Waals surface area (Å²) >= 11 is 0. The van der Waals surface area contributed by atoms with E-state index in [-0.39, 0.29) is 31.4 Å². The maximum atomic E-state index is 14.1. The number of hydrogen-bond donors (Lipinski definition) is 5. The first kappa shape index (κ1) is 44.1. The van der Waals surface area contributed by atoms with Gasteiger partial charge in [-0.2, -0.15) is 0 Å². The van der Waals surface area contributed by atoms with Crippen LogP contribution in [0.3, 0.4) is 0 Å². The van der Waals surface area contributed by atoms with Gasteiger partial charge in [0.05, 0.1) is 47.6 Å². The number of carbonyl (C=O) groups excluding carboxylic acids is 2. The van der Waals surface area contributed by atoms with E-state index in [2.05, 4.69) is 0 Å². The number of likely N-dealkylation sites (N-methyl/N-ethyl adjacent to an activating group) is 1. The molecule has 5 N–H and O–H groups in total. The van der Waals surface area contributed by atoms with Crippen molar-refractivity contribution in [2.75, 3.05) is 21.2 Å². The third-order valence-electron chi connectivity index (χ3n) is 11.8. The molecule has 3 aliphatic rings. The van der Waals surface area contributed by atoms with E-state index in [0.717, 1.165) is 0 Å². The number of rotatable bonds is 7. The van der Waals surface area contributed by atoms with Gasteiger partial charge in [-0.15, -0.1) is 0 Å². The minimum atomic E-state index is -1.99. The molecule has 14 heteroatoms. The van der Waals surface area contributed by atoms with Crippen LogP contribution in [0.1, 0.15) is 94.9 Å². The van der Waals surface area contributed by atoms with Gasteiger partial charge < -0.3 is 58.9 Å². The third-order valence-corrected chi connectivity index (χ3v) is 11.8. The standard InChI is InChI=1S/C37H67NO13/c1-14-25-37(10,45)30(41)20(4)27(39)18(2)16-35(8,44)32(51-34-28(40)24(38(11)12)15-19(3)47-34)21(5)29(22(6)33(43)49-25)50-26-17-36(9,46-13)31(42)23(7)48-26/h18-26,28-32,34,40-42,44-45H,14-17H2,1-13H3/t18-,19-,20?,21+,22-,23+,24+,25?,26?,28-,29?,30-,31+,32-,34+,35-,36-,37-/m0/s1. The summed E-state index contributed by atoms with van der Waals surface area (Å²) < 4.78 is 37.1. The summed E-state index contributed by atoms with van der Waals surface area (Å²) in [5.41, 5.74) is -4.84. The van der Waals surface area contributed by atoms with Gasteiger partial charge in [-0.3, -0.25) is 9.59 Å². The van der Waals surface area contributed by atoms with Crippen LogP contribution in [0.2, 0.25) is 0 Å². The quantitative estimate of drug-likeness (QED) is 0.238. The number of cyclic esters (lactones) is 1. The maximum Gasteiger partial charge on any atom is 0.311 e. The van der Waals surface area contributed by atoms with Gasteiger partial charge in [0, 0.05) is 37.3 Å². The number of aliphatic hydroxyl groups excluding tert-OH is 3. The summed E-state index contributed by atoms with van der Waals surface area (Å²) in [5, 5.41) is 57.6. The van der Waals surface area contributed by atoms with E-state index < -0.39 is 108 Å². The number of nitrogens with zero attached hydrogens (tertiary/aromatic N) is 1. The van der Waals surface area contributed by atoms with Crippen molar-refractivity contribution >= 4 is 11.8 Å². The Morgan fingerprint density at radius 1 is 0.882 bits per heavy atom. The van der Waals surface area contributed by atoms with Crippen molar-refractivity contribution < 1.29 is 63.5 Å². The van der Waals surface area contributed by atoms with Crippen LogP contribution >= 0.6 is 0 Å². The van der Waals surface area contributed by atoms with Gasteiger partial charge in [-0.1, -0.05) is 27.7 Å². The molecule has 3 fully saturated rings. The minimum Gasteiger partial charge on any atom is -0.459 e. The molecule has 3 aliphatic heterocycles. The fourth-order valence-electron chi connectivity index (χ4n) is 8.41. The highest BCUT2D eigenvalue weighted by atomic mass is 16.7. The third kappa shape index (κ3) is 9.51. The van der Waals surface area contributed by atoms with Gasteiger partial charge in [-0.25, -0.2) is 0 Å². The number of hydrogen-bond acceptors (Lipinski definition) is 14. The second kappa shape index (κ2) is 17.0. The van der Waals surface area contributed by atoms with Gasteiger partial charge >= 0.3 is 5.97 Å². The summed E-state index contributed by atoms with van der Waals surface area (Å²) in [6.45, 7) is 16.3. The first-order valence-corrected chi connectivity index (χ1v) is 18.5. The minimum absolute atomic E-state index is 0.0936. The number of Topliss-reactive ketones (excluding diaryl/α,β-unsaturated/α-hetero) is 1. The summed E-state index contributed by atoms with van der Waals surface area (Å²) in [4.78, 5) is 29.8. The molecule has 0 spiro atoms. The number of esters is 1. The average molecular weight is 734 g/mol. The van der Waals surface area contributed by atoms with Crippen molar-refractivity contribution in [3.05, 3.63) is 0 Å². The van der Waals surface area contributed by atoms with Crippen LogP contribution in [0.5, 0.6) is 0 Å². The zero-order valence-corrected chi connectivity index (χ0v) is 32.9. The number of ether oxygens (including phenoxy) is 6. The fourth-order valence-corrected chi connectivity index (χ4v) is 8.41. The summed E-state index contributed by atoms with van der Waals surface area (Å²) in [5.74, 6) is -4.98. The van der Waals surface area contributed by atoms with Gasteiger partial charge in [0.2, 0.25) is 0 Å². The molecular formula is C37H67NO13. The van der Waals surface area contributed by atoms with E-state index in [1.807, 2.05) is 25.9 Å². The highest BCUT2D eigenvalue weighted by Crippen LogP contribution is 2.40. The Morgan fingerprint density at radius 3 is 2.04 bits per heavy atom. The fraction of sp³-hybridized carbons (Fsp3) is 0.946. The zero-order chi connectivity index (χ0) is 39.0. The van der Waals surface area contributed by atoms with E-state index >= 15 is 0 Å². The molecule has 3 saturated heterocycles. The van der Waals surface area contributed by atoms with Crippen LogP contribution < -0.4 is 0 Å². The van der Waals surface area contributed by atoms with Crippen molar-refractivity contribution in [2.24, 2.45) is 23.7 Å². The topological polar surface area (TPSA) is 194 Å². The molecule has 0 aliphatic carbocycles. The van der Waals surface area contributed by atoms with Crippen LogP contribution in [0.25, 0.3) is 0 Å². The first-order valence-electron chi connectivity index (χ1n) is 18.5. The molecule has 18 atom stereocenters. The van der Waals surface area contributed by atoms with Gasteiger partial charge in [0.15, 0.2) is 12.6 Å². The Labute approximate surface area is 304 Å². The molecule has 0 bridgehead atoms. The lowest BCUT2D eigenvalue weighted by atomic mass is 9.74. The Morgan fingerprint density at radius 2 is 1.49 bits per heavy atom. The molecule has 0 amide bonds. The van der Waals surface area contributed by atoms with Crippen LogP contribution in [-0.2, 0) is 38.0 Å². The number of aliphatic hydroxyl groups is 5. The molecule has 3 heterocycles.